The second-order valence-electron chi connectivity index (χ2n) is 4.82. The normalized spacial score (nSPS) is 10.7. The van der Waals surface area contributed by atoms with Crippen LogP contribution in [0.2, 0.25) is 0 Å². The smallest absolute Gasteiger partial charge is 0.267 e. The molecule has 0 fully saturated rings. The van der Waals surface area contributed by atoms with E-state index in [1.807, 2.05) is 49.3 Å². The summed E-state index contributed by atoms with van der Waals surface area (Å²) in [4.78, 5) is 18.1. The van der Waals surface area contributed by atoms with Crippen LogP contribution >= 0.6 is 0 Å². The van der Waals surface area contributed by atoms with Crippen LogP contribution in [0.25, 0.3) is 6.08 Å². The topological polar surface area (TPSA) is 69.0 Å². The van der Waals surface area contributed by atoms with Crippen LogP contribution in [0, 0.1) is 11.3 Å². The molecule has 2 aromatic rings. The largest absolute Gasteiger partial charge is 0.378 e. The van der Waals surface area contributed by atoms with E-state index < -0.39 is 5.91 Å². The van der Waals surface area contributed by atoms with Crippen LogP contribution in [-0.4, -0.2) is 25.0 Å². The van der Waals surface area contributed by atoms with Crippen LogP contribution in [0.15, 0.2) is 54.2 Å². The van der Waals surface area contributed by atoms with Gasteiger partial charge >= 0.3 is 0 Å². The summed E-state index contributed by atoms with van der Waals surface area (Å²) >= 11 is 0. The summed E-state index contributed by atoms with van der Waals surface area (Å²) in [6, 6.07) is 14.7. The zero-order valence-corrected chi connectivity index (χ0v) is 12.4. The minimum atomic E-state index is -0.474. The van der Waals surface area contributed by atoms with Crippen molar-refractivity contribution in [2.24, 2.45) is 0 Å². The number of hydrogen-bond acceptors (Lipinski definition) is 4. The van der Waals surface area contributed by atoms with Crippen molar-refractivity contribution in [1.29, 1.82) is 5.26 Å². The maximum absolute atomic E-state index is 12.1. The Morgan fingerprint density at radius 2 is 1.95 bits per heavy atom. The molecule has 0 spiro atoms. The molecule has 2 rings (SSSR count). The van der Waals surface area contributed by atoms with Gasteiger partial charge in [-0.05, 0) is 35.9 Å². The summed E-state index contributed by atoms with van der Waals surface area (Å²) < 4.78 is 0. The Bertz CT molecular complexity index is 713. The molecule has 0 aliphatic rings. The van der Waals surface area contributed by atoms with Gasteiger partial charge in [0.25, 0.3) is 5.91 Å². The number of carbonyl (C=O) groups is 1. The highest BCUT2D eigenvalue weighted by molar-refractivity contribution is 6.09. The first kappa shape index (κ1) is 15.3. The third-order valence-electron chi connectivity index (χ3n) is 2.99. The minimum Gasteiger partial charge on any atom is -0.378 e. The number of benzene rings is 1. The molecule has 110 valence electrons. The Balaban J connectivity index is 2.16. The number of nitrogens with zero attached hydrogens (tertiary/aromatic N) is 3. The van der Waals surface area contributed by atoms with Gasteiger partial charge in [0.1, 0.15) is 17.5 Å². The average molecular weight is 292 g/mol. The number of amides is 1. The molecule has 0 aliphatic carbocycles. The zero-order valence-electron chi connectivity index (χ0n) is 12.4. The van der Waals surface area contributed by atoms with Crippen molar-refractivity contribution in [2.75, 3.05) is 24.3 Å². The Morgan fingerprint density at radius 3 is 2.50 bits per heavy atom. The summed E-state index contributed by atoms with van der Waals surface area (Å²) in [6.45, 7) is 0. The maximum Gasteiger partial charge on any atom is 0.267 e. The molecule has 1 aromatic carbocycles. The van der Waals surface area contributed by atoms with Crippen molar-refractivity contribution in [2.45, 2.75) is 0 Å². The van der Waals surface area contributed by atoms with Crippen LogP contribution < -0.4 is 10.2 Å². The lowest BCUT2D eigenvalue weighted by atomic mass is 10.1. The molecule has 0 unspecified atom stereocenters. The molecule has 0 radical (unpaired) electrons. The van der Waals surface area contributed by atoms with Gasteiger partial charge in [-0.3, -0.25) is 4.79 Å². The van der Waals surface area contributed by atoms with E-state index in [4.69, 9.17) is 0 Å². The quantitative estimate of drug-likeness (QED) is 0.695. The van der Waals surface area contributed by atoms with Gasteiger partial charge in [0.15, 0.2) is 0 Å². The van der Waals surface area contributed by atoms with Gasteiger partial charge in [-0.15, -0.1) is 0 Å². The van der Waals surface area contributed by atoms with Gasteiger partial charge < -0.3 is 10.2 Å². The standard InChI is InChI=1S/C17H16N4O/c1-21(2)15-8-6-13(7-9-15)11-14(12-18)17(22)20-16-5-3-4-10-19-16/h3-11H,1-2H3,(H,19,20,22). The molecule has 22 heavy (non-hydrogen) atoms. The maximum atomic E-state index is 12.1. The lowest BCUT2D eigenvalue weighted by Crippen LogP contribution is -2.14. The number of nitrogens with one attached hydrogen (secondary N) is 1. The Hall–Kier alpha value is -3.13. The summed E-state index contributed by atoms with van der Waals surface area (Å²) in [5, 5.41) is 11.8. The highest BCUT2D eigenvalue weighted by atomic mass is 16.1. The van der Waals surface area contributed by atoms with Crippen LogP contribution in [0.3, 0.4) is 0 Å². The Labute approximate surface area is 129 Å². The van der Waals surface area contributed by atoms with E-state index in [-0.39, 0.29) is 5.57 Å². The number of pyridine rings is 1. The molecule has 0 saturated heterocycles. The lowest BCUT2D eigenvalue weighted by molar-refractivity contribution is -0.112. The predicted molar refractivity (Wildman–Crippen MR) is 87.2 cm³/mol. The average Bonchev–Trinajstić information content (AvgIpc) is 2.53. The number of nitriles is 1. The number of anilines is 2. The van der Waals surface area contributed by atoms with Gasteiger partial charge in [0.2, 0.25) is 0 Å². The fraction of sp³-hybridized carbons (Fsp3) is 0.118. The van der Waals surface area contributed by atoms with Crippen molar-refractivity contribution in [3.63, 3.8) is 0 Å². The van der Waals surface area contributed by atoms with Crippen molar-refractivity contribution in [3.8, 4) is 6.07 Å². The molecule has 5 nitrogen and oxygen atoms in total. The van der Waals surface area contributed by atoms with Gasteiger partial charge in [-0.2, -0.15) is 5.26 Å². The molecule has 5 heteroatoms. The molecule has 0 saturated carbocycles. The van der Waals surface area contributed by atoms with E-state index >= 15 is 0 Å². The predicted octanol–water partition coefficient (Wildman–Crippen LogP) is 2.69. The van der Waals surface area contributed by atoms with Crippen molar-refractivity contribution in [1.82, 2.24) is 4.98 Å². The Morgan fingerprint density at radius 1 is 1.23 bits per heavy atom. The van der Waals surface area contributed by atoms with Gasteiger partial charge in [-0.25, -0.2) is 4.98 Å². The van der Waals surface area contributed by atoms with Crippen LogP contribution in [0.1, 0.15) is 5.56 Å². The molecule has 0 aliphatic heterocycles. The fourth-order valence-corrected chi connectivity index (χ4v) is 1.80. The molecular weight excluding hydrogens is 276 g/mol. The summed E-state index contributed by atoms with van der Waals surface area (Å²) in [5.74, 6) is -0.0607. The highest BCUT2D eigenvalue weighted by Crippen LogP contribution is 2.15. The zero-order chi connectivity index (χ0) is 15.9. The summed E-state index contributed by atoms with van der Waals surface area (Å²) in [6.07, 6.45) is 3.13. The molecule has 1 amide bonds. The van der Waals surface area contributed by atoms with E-state index in [0.29, 0.717) is 5.82 Å². The van der Waals surface area contributed by atoms with Gasteiger partial charge in [0, 0.05) is 26.0 Å². The lowest BCUT2D eigenvalue weighted by Gasteiger charge is -2.11. The molecule has 0 atom stereocenters. The molecule has 1 heterocycles. The number of rotatable bonds is 4. The van der Waals surface area contributed by atoms with Crippen molar-refractivity contribution < 1.29 is 4.79 Å². The van der Waals surface area contributed by atoms with E-state index in [1.54, 1.807) is 30.5 Å². The number of hydrogen-bond donors (Lipinski definition) is 1. The van der Waals surface area contributed by atoms with Crippen LogP contribution in [0.4, 0.5) is 11.5 Å². The third-order valence-corrected chi connectivity index (χ3v) is 2.99. The van der Waals surface area contributed by atoms with E-state index in [2.05, 4.69) is 10.3 Å². The van der Waals surface area contributed by atoms with E-state index in [0.717, 1.165) is 11.3 Å². The van der Waals surface area contributed by atoms with Gasteiger partial charge in [0.05, 0.1) is 0 Å². The summed E-state index contributed by atoms with van der Waals surface area (Å²) in [7, 11) is 3.90. The molecule has 1 aromatic heterocycles. The third kappa shape index (κ3) is 3.93. The van der Waals surface area contributed by atoms with E-state index in [1.165, 1.54) is 0 Å². The first-order valence-electron chi connectivity index (χ1n) is 6.71. The molecule has 1 N–H and O–H groups in total. The number of aromatic nitrogens is 1. The first-order chi connectivity index (χ1) is 10.6. The highest BCUT2D eigenvalue weighted by Gasteiger charge is 2.09. The Kier molecular flexibility index (Phi) is 4.89. The first-order valence-corrected chi connectivity index (χ1v) is 6.71. The second kappa shape index (κ2) is 7.04. The van der Waals surface area contributed by atoms with Crippen LogP contribution in [0.5, 0.6) is 0 Å². The SMILES string of the molecule is CN(C)c1ccc(C=C(C#N)C(=O)Nc2ccccn2)cc1. The fourth-order valence-electron chi connectivity index (χ4n) is 1.80. The van der Waals surface area contributed by atoms with Crippen molar-refractivity contribution >= 4 is 23.5 Å². The monoisotopic (exact) mass is 292 g/mol. The van der Waals surface area contributed by atoms with Crippen molar-refractivity contribution in [3.05, 3.63) is 59.8 Å². The summed E-state index contributed by atoms with van der Waals surface area (Å²) in [5.41, 5.74) is 1.87. The van der Waals surface area contributed by atoms with Gasteiger partial charge in [-0.1, -0.05) is 18.2 Å². The number of carbonyl (C=O) groups excluding carboxylic acids is 1. The van der Waals surface area contributed by atoms with Crippen LogP contribution in [-0.2, 0) is 4.79 Å². The second-order valence-corrected chi connectivity index (χ2v) is 4.82. The molecular formula is C17H16N4O. The molecule has 0 bridgehead atoms. The van der Waals surface area contributed by atoms with E-state index in [9.17, 15) is 10.1 Å². The minimum absolute atomic E-state index is 0.0308.